The van der Waals surface area contributed by atoms with Crippen molar-refractivity contribution in [3.05, 3.63) is 109 Å². The second kappa shape index (κ2) is 53.6. The van der Waals surface area contributed by atoms with Crippen molar-refractivity contribution < 1.29 is 38.9 Å². The van der Waals surface area contributed by atoms with Crippen LogP contribution in [0.25, 0.3) is 0 Å². The van der Waals surface area contributed by atoms with E-state index in [4.69, 9.17) is 9.47 Å². The van der Waals surface area contributed by atoms with Gasteiger partial charge < -0.3 is 29.3 Å². The Morgan fingerprint density at radius 2 is 0.657 bits per heavy atom. The van der Waals surface area contributed by atoms with Crippen LogP contribution in [-0.4, -0.2) is 61.0 Å². The average Bonchev–Trinajstić information content (AvgIpc) is 3.33. The summed E-state index contributed by atoms with van der Waals surface area (Å²) < 4.78 is 10.3. The Morgan fingerprint density at radius 3 is 0.955 bits per heavy atom. The van der Waals surface area contributed by atoms with Gasteiger partial charge in [-0.3, -0.25) is 0 Å². The van der Waals surface area contributed by atoms with Gasteiger partial charge in [-0.1, -0.05) is 231 Å². The van der Waals surface area contributed by atoms with Gasteiger partial charge in [0.05, 0.1) is 36.3 Å². The van der Waals surface area contributed by atoms with E-state index in [0.717, 1.165) is 77.0 Å². The van der Waals surface area contributed by atoms with Crippen LogP contribution in [0.2, 0.25) is 0 Å². The van der Waals surface area contributed by atoms with Crippen LogP contribution in [0.3, 0.4) is 0 Å². The monoisotopic (exact) mass is 1040 g/mol. The molecule has 2 aromatic rings. The predicted octanol–water partition coefficient (Wildman–Crippen LogP) is 14.6. The third kappa shape index (κ3) is 43.6. The van der Waals surface area contributed by atoms with Gasteiger partial charge in [0, 0.05) is 11.1 Å². The quantitative estimate of drug-likeness (QED) is 0.0285. The number of aromatic carboxylic acids is 2. The third-order valence-electron chi connectivity index (χ3n) is 10.7. The number of hydrogen-bond acceptors (Lipinski definition) is 8. The normalized spacial score (nSPS) is 10.5. The molecule has 2 aromatic carbocycles. The zero-order chi connectivity index (χ0) is 49.1. The van der Waals surface area contributed by atoms with Crippen molar-refractivity contribution in [3.8, 4) is 0 Å². The molecule has 0 spiro atoms. The van der Waals surface area contributed by atoms with Gasteiger partial charge in [-0.05, 0) is 76.3 Å². The summed E-state index contributed by atoms with van der Waals surface area (Å²) in [5.41, 5.74) is -0.150. The SMILES string of the molecule is CCCCC/C=C/CCCCCCOC(=O)c1ccccc1C(=O)[O-].CCCCC/C=C/CCCCCCOC(=O)c1ccccc1C(=O)[O-].[CH2]CCCCCCC.[CH2]CCCCCCC.[Sn+2]. The molecule has 4 radical (unpaired) electrons. The van der Waals surface area contributed by atoms with Crippen molar-refractivity contribution in [2.45, 2.75) is 220 Å². The van der Waals surface area contributed by atoms with Crippen LogP contribution in [0.15, 0.2) is 72.8 Å². The van der Waals surface area contributed by atoms with E-state index in [-0.39, 0.29) is 46.2 Å². The maximum atomic E-state index is 11.9. The molecule has 0 aliphatic carbocycles. The van der Waals surface area contributed by atoms with Gasteiger partial charge in [-0.25, -0.2) is 9.59 Å². The summed E-state index contributed by atoms with van der Waals surface area (Å²) in [6.07, 6.45) is 45.3. The summed E-state index contributed by atoms with van der Waals surface area (Å²) >= 11 is 0. The van der Waals surface area contributed by atoms with E-state index in [1.165, 1.54) is 140 Å². The number of rotatable bonds is 36. The van der Waals surface area contributed by atoms with Gasteiger partial charge in [0.25, 0.3) is 0 Å². The number of allylic oxidation sites excluding steroid dienone is 4. The standard InChI is InChI=1S/2C21H30O4.2C8H17.Sn/c2*1-2-3-4-5-6-7-8-9-10-11-14-17-25-21(24)19-16-13-12-15-18(19)20(22)23;2*1-3-5-7-8-6-4-2;/h2*6-7,12-13,15-16H,2-5,8-11,14,17H2,1H3,(H,22,23);2*1,3-8H2,2H3;/q;;;;+2/p-2/b2*7-6+;;;. The zero-order valence-corrected chi connectivity index (χ0v) is 45.6. The minimum Gasteiger partial charge on any atom is -0.545 e. The molecule has 0 atom stereocenters. The van der Waals surface area contributed by atoms with Gasteiger partial charge >= 0.3 is 35.8 Å². The van der Waals surface area contributed by atoms with Crippen molar-refractivity contribution in [2.24, 2.45) is 0 Å². The Hall–Kier alpha value is -3.40. The molecule has 0 amide bonds. The molecule has 0 bridgehead atoms. The van der Waals surface area contributed by atoms with Crippen molar-refractivity contribution in [2.75, 3.05) is 13.2 Å². The summed E-state index contributed by atoms with van der Waals surface area (Å²) in [5.74, 6) is -3.93. The number of unbranched alkanes of at least 4 members (excludes halogenated alkanes) is 24. The van der Waals surface area contributed by atoms with E-state index in [1.54, 1.807) is 24.3 Å². The first-order chi connectivity index (χ1) is 32.2. The first-order valence-corrected chi connectivity index (χ1v) is 26.0. The van der Waals surface area contributed by atoms with Crippen LogP contribution < -0.4 is 10.2 Å². The maximum Gasteiger partial charge on any atom is 2.00 e. The molecule has 376 valence electrons. The van der Waals surface area contributed by atoms with Crippen LogP contribution >= 0.6 is 0 Å². The largest absolute Gasteiger partial charge is 2.00 e. The molecular weight excluding hydrogens is 943 g/mol. The Balaban J connectivity index is -0.000000914. The van der Waals surface area contributed by atoms with Gasteiger partial charge in [-0.15, -0.1) is 0 Å². The van der Waals surface area contributed by atoms with E-state index in [1.807, 2.05) is 0 Å². The Labute approximate surface area is 426 Å². The molecule has 0 saturated carbocycles. The van der Waals surface area contributed by atoms with E-state index in [9.17, 15) is 29.4 Å². The second-order valence-electron chi connectivity index (χ2n) is 16.8. The van der Waals surface area contributed by atoms with Crippen LogP contribution in [0.4, 0.5) is 0 Å². The minimum absolute atomic E-state index is 0. The van der Waals surface area contributed by atoms with Gasteiger partial charge in [0.15, 0.2) is 0 Å². The first-order valence-electron chi connectivity index (χ1n) is 26.0. The van der Waals surface area contributed by atoms with E-state index < -0.39 is 23.9 Å². The fourth-order valence-electron chi connectivity index (χ4n) is 6.66. The second-order valence-corrected chi connectivity index (χ2v) is 16.8. The van der Waals surface area contributed by atoms with Crippen LogP contribution in [0.5, 0.6) is 0 Å². The summed E-state index contributed by atoms with van der Waals surface area (Å²) in [7, 11) is 0. The maximum absolute atomic E-state index is 11.9. The molecule has 9 heteroatoms. The van der Waals surface area contributed by atoms with Gasteiger partial charge in [0.2, 0.25) is 0 Å². The molecule has 8 nitrogen and oxygen atoms in total. The molecule has 0 aromatic heterocycles. The van der Waals surface area contributed by atoms with Crippen LogP contribution in [0, 0.1) is 13.8 Å². The minimum atomic E-state index is -1.37. The first kappa shape index (κ1) is 67.9. The van der Waals surface area contributed by atoms with Crippen LogP contribution in [0.1, 0.15) is 262 Å². The van der Waals surface area contributed by atoms with Crippen molar-refractivity contribution in [3.63, 3.8) is 0 Å². The molecule has 2 rings (SSSR count). The fourth-order valence-corrected chi connectivity index (χ4v) is 6.66. The van der Waals surface area contributed by atoms with Gasteiger partial charge in [0.1, 0.15) is 0 Å². The Morgan fingerprint density at radius 1 is 0.403 bits per heavy atom. The van der Waals surface area contributed by atoms with Crippen molar-refractivity contribution in [1.82, 2.24) is 0 Å². The molecule has 0 N–H and O–H groups in total. The summed E-state index contributed by atoms with van der Waals surface area (Å²) in [4.78, 5) is 45.8. The number of carboxylic acids is 2. The number of carboxylic acid groups (broad SMARTS) is 2. The fraction of sp³-hybridized carbons (Fsp3) is 0.621. The van der Waals surface area contributed by atoms with E-state index in [2.05, 4.69) is 65.8 Å². The molecular formula is C58H92O8Sn. The topological polar surface area (TPSA) is 133 Å². The summed E-state index contributed by atoms with van der Waals surface area (Å²) in [6, 6.07) is 11.9. The number of ether oxygens (including phenoxy) is 2. The van der Waals surface area contributed by atoms with Crippen molar-refractivity contribution in [1.29, 1.82) is 0 Å². The smallest absolute Gasteiger partial charge is 0.545 e. The Bertz CT molecular complexity index is 1380. The molecule has 0 fully saturated rings. The summed E-state index contributed by atoms with van der Waals surface area (Å²) in [6.45, 7) is 17.1. The number of hydrogen-bond donors (Lipinski definition) is 0. The molecule has 0 aliphatic rings. The molecule has 0 heterocycles. The van der Waals surface area contributed by atoms with E-state index >= 15 is 0 Å². The van der Waals surface area contributed by atoms with E-state index in [0.29, 0.717) is 13.2 Å². The molecule has 67 heavy (non-hydrogen) atoms. The number of esters is 2. The predicted molar refractivity (Wildman–Crippen MR) is 278 cm³/mol. The van der Waals surface area contributed by atoms with Crippen molar-refractivity contribution >= 4 is 47.8 Å². The summed E-state index contributed by atoms with van der Waals surface area (Å²) in [5, 5.41) is 22.0. The molecule has 0 unspecified atom stereocenters. The molecule has 0 saturated heterocycles. The Kier molecular flexibility index (Phi) is 54.2. The average molecular weight is 1040 g/mol. The number of carbonyl (C=O) groups is 4. The number of carbonyl (C=O) groups excluding carboxylic acids is 4. The number of benzene rings is 2. The molecule has 0 aliphatic heterocycles. The van der Waals surface area contributed by atoms with Gasteiger partial charge in [-0.2, -0.15) is 0 Å². The van der Waals surface area contributed by atoms with Crippen LogP contribution in [-0.2, 0) is 9.47 Å². The zero-order valence-electron chi connectivity index (χ0n) is 42.7. The third-order valence-corrected chi connectivity index (χ3v) is 10.7.